The summed E-state index contributed by atoms with van der Waals surface area (Å²) in [6.45, 7) is 9.44. The van der Waals surface area contributed by atoms with Gasteiger partial charge in [0.1, 0.15) is 35.7 Å². The van der Waals surface area contributed by atoms with Crippen LogP contribution in [0.5, 0.6) is 0 Å². The van der Waals surface area contributed by atoms with E-state index >= 15 is 0 Å². The van der Waals surface area contributed by atoms with Crippen molar-refractivity contribution in [1.29, 1.82) is 0 Å². The number of benzene rings is 16. The fraction of sp³-hybridized carbons (Fsp3) is 0.0826. The van der Waals surface area contributed by atoms with Crippen molar-refractivity contribution in [3.63, 3.8) is 0 Å². The summed E-state index contributed by atoms with van der Waals surface area (Å²) in [6.07, 6.45) is 27.6. The predicted molar refractivity (Wildman–Crippen MR) is 516 cm³/mol. The third-order valence-electron chi connectivity index (χ3n) is 24.5. The van der Waals surface area contributed by atoms with E-state index in [1.54, 1.807) is 0 Å². The Morgan fingerprint density at radius 3 is 1.20 bits per heavy atom. The lowest BCUT2D eigenvalue weighted by Gasteiger charge is -2.38. The van der Waals surface area contributed by atoms with Crippen LogP contribution in [0, 0.1) is 5.92 Å². The van der Waals surface area contributed by atoms with Crippen LogP contribution in [0.1, 0.15) is 29.5 Å². The summed E-state index contributed by atoms with van der Waals surface area (Å²) in [7, 11) is -13.2. The molecule has 580 valence electrons. The van der Waals surface area contributed by atoms with Crippen molar-refractivity contribution in [2.45, 2.75) is 19.3 Å². The molecular weight excluding hydrogens is 1540 g/mol. The number of fused-ring (bicyclic) bond motifs is 6. The molecule has 0 amide bonds. The van der Waals surface area contributed by atoms with E-state index < -0.39 is 35.7 Å². The van der Waals surface area contributed by atoms with Crippen molar-refractivity contribution < 1.29 is 22.8 Å². The Bertz CT molecular complexity index is 7150. The maximum Gasteiger partial charge on any atom is 0.141 e. The van der Waals surface area contributed by atoms with Gasteiger partial charge in [0.15, 0.2) is 0 Å². The van der Waals surface area contributed by atoms with Crippen molar-refractivity contribution in [1.82, 2.24) is 0 Å². The van der Waals surface area contributed by atoms with E-state index in [0.29, 0.717) is 0 Å². The highest BCUT2D eigenvalue weighted by atomic mass is 31.2. The topological polar surface area (TPSA) is 85.3 Å². The van der Waals surface area contributed by atoms with Crippen molar-refractivity contribution in [3.8, 4) is 0 Å². The quantitative estimate of drug-likeness (QED) is 0.127. The molecule has 0 aliphatic heterocycles. The average molecular weight is 1630 g/mol. The molecule has 6 aliphatic rings. The Morgan fingerprint density at radius 2 is 0.689 bits per heavy atom. The van der Waals surface area contributed by atoms with Gasteiger partial charge >= 0.3 is 0 Å². The van der Waals surface area contributed by atoms with Gasteiger partial charge in [0.25, 0.3) is 0 Å². The molecule has 0 heterocycles. The summed E-state index contributed by atoms with van der Waals surface area (Å²) < 4.78 is 68.6. The molecule has 0 bridgehead atoms. The first-order valence-electron chi connectivity index (χ1n) is 40.6. The molecular formula is C109H89O5P5. The first-order chi connectivity index (χ1) is 57.8. The second kappa shape index (κ2) is 32.5. The van der Waals surface area contributed by atoms with Gasteiger partial charge in [-0.15, -0.1) is 0 Å². The van der Waals surface area contributed by atoms with Crippen molar-refractivity contribution in [2.24, 2.45) is 5.92 Å². The van der Waals surface area contributed by atoms with E-state index in [1.165, 1.54) is 77.1 Å². The molecule has 0 radical (unpaired) electrons. The maximum absolute atomic E-state index is 15.0. The van der Waals surface area contributed by atoms with Gasteiger partial charge in [-0.2, -0.15) is 0 Å². The van der Waals surface area contributed by atoms with Crippen molar-refractivity contribution in [2.75, 3.05) is 33.3 Å². The zero-order valence-electron chi connectivity index (χ0n) is 67.2. The first-order valence-corrected chi connectivity index (χ1v) is 51.4. The second-order valence-electron chi connectivity index (χ2n) is 31.9. The van der Waals surface area contributed by atoms with Gasteiger partial charge in [0, 0.05) is 59.0 Å². The van der Waals surface area contributed by atoms with E-state index in [2.05, 4.69) is 218 Å². The van der Waals surface area contributed by atoms with Gasteiger partial charge in [-0.05, 0) is 196 Å². The first kappa shape index (κ1) is 78.3. The largest absolute Gasteiger partial charge is 0.314 e. The van der Waals surface area contributed by atoms with Crippen LogP contribution in [0.2, 0.25) is 0 Å². The normalized spacial score (nSPS) is 15.8. The van der Waals surface area contributed by atoms with Crippen LogP contribution >= 0.6 is 35.7 Å². The smallest absolute Gasteiger partial charge is 0.141 e. The fourth-order valence-corrected chi connectivity index (χ4v) is 28.4. The van der Waals surface area contributed by atoms with Crippen LogP contribution < -0.4 is 47.7 Å². The molecule has 0 fully saturated rings. The van der Waals surface area contributed by atoms with Gasteiger partial charge in [-0.3, -0.25) is 0 Å². The zero-order chi connectivity index (χ0) is 81.6. The molecule has 0 aromatic heterocycles. The second-order valence-corrected chi connectivity index (χ2v) is 46.1. The number of allylic oxidation sites excluding steroid dienone is 17. The van der Waals surface area contributed by atoms with E-state index in [4.69, 9.17) is 0 Å². The lowest BCUT2D eigenvalue weighted by Crippen LogP contribution is -2.24. The molecule has 10 heteroatoms. The summed E-state index contributed by atoms with van der Waals surface area (Å²) in [5, 5.41) is 25.5. The van der Waals surface area contributed by atoms with E-state index in [-0.39, 0.29) is 5.92 Å². The molecule has 0 spiro atoms. The van der Waals surface area contributed by atoms with Crippen molar-refractivity contribution >= 4 is 171 Å². The number of rotatable bonds is 10. The lowest BCUT2D eigenvalue weighted by molar-refractivity contribution is 0.587. The van der Waals surface area contributed by atoms with Crippen LogP contribution in [0.25, 0.3) is 87.1 Å². The maximum atomic E-state index is 15.0. The molecule has 3 unspecified atom stereocenters. The van der Waals surface area contributed by atoms with E-state index in [1.807, 2.05) is 221 Å². The summed E-state index contributed by atoms with van der Waals surface area (Å²) >= 11 is 0. The standard InChI is InChI=1S/C33H25OP.3C21H17OP.C13H13OP/c1-35(34,28-18-14-24-10-8-20-4-2-6-22-12-16-26(28)32(24)30(20)22)29-19-15-25-11-9-21-5-3-7-23-13-17-27(29)33(25)31(21)23;1-23(22,20-14-6-10-16-8-2-4-12-18(16)20)21-15-7-11-17-9-3-5-13-19(17)21;1-23(22,20-12-10-16-6-2-4-8-18(16)14-20)21-13-11-17-7-3-5-9-19(17)15-21;1-23(22,19-14-13-16-7-2-3-9-18(16)15-19)21-12-6-10-17-8-4-5-11-20(17)21;1-15(14,12-8-4-2-5-9-12)13-10-6-3-7-11-13/h2-5,8-16,18-19,32H,6-7,17H2,1H3;3*2-15H,1H3;2-11H,1H3. The minimum atomic E-state index is -2.84. The Hall–Kier alpha value is -11.9. The van der Waals surface area contributed by atoms with Gasteiger partial charge in [-0.1, -0.05) is 388 Å². The molecule has 16 aromatic carbocycles. The van der Waals surface area contributed by atoms with Crippen LogP contribution in [-0.2, 0) is 29.2 Å². The minimum Gasteiger partial charge on any atom is -0.314 e. The summed E-state index contributed by atoms with van der Waals surface area (Å²) in [6, 6.07) is 114. The highest BCUT2D eigenvalue weighted by Gasteiger charge is 2.41. The Labute approximate surface area is 697 Å². The van der Waals surface area contributed by atoms with Gasteiger partial charge < -0.3 is 22.8 Å². The minimum absolute atomic E-state index is 0.203. The molecule has 16 aromatic rings. The van der Waals surface area contributed by atoms with Crippen molar-refractivity contribution in [3.05, 3.63) is 450 Å². The molecule has 3 atom stereocenters. The number of hydrogen-bond acceptors (Lipinski definition) is 5. The third-order valence-corrected chi connectivity index (χ3v) is 37.4. The highest BCUT2D eigenvalue weighted by Crippen LogP contribution is 2.61. The Kier molecular flexibility index (Phi) is 21.4. The van der Waals surface area contributed by atoms with Gasteiger partial charge in [0.05, 0.1) is 0 Å². The highest BCUT2D eigenvalue weighted by molar-refractivity contribution is 7.79. The number of hydrogen-bond donors (Lipinski definition) is 0. The molecule has 22 rings (SSSR count). The van der Waals surface area contributed by atoms with Crippen LogP contribution in [0.3, 0.4) is 0 Å². The Morgan fingerprint density at radius 1 is 0.277 bits per heavy atom. The van der Waals surface area contributed by atoms with E-state index in [0.717, 1.165) is 121 Å². The molecule has 0 N–H and O–H groups in total. The van der Waals surface area contributed by atoms with Crippen LogP contribution in [0.15, 0.2) is 434 Å². The monoisotopic (exact) mass is 1630 g/mol. The molecule has 5 nitrogen and oxygen atoms in total. The zero-order valence-corrected chi connectivity index (χ0v) is 71.6. The lowest BCUT2D eigenvalue weighted by atomic mass is 9.69. The summed E-state index contributed by atoms with van der Waals surface area (Å²) in [5.74, 6) is 0.203. The molecule has 0 saturated heterocycles. The average Bonchev–Trinajstić information content (AvgIpc) is 0.711. The van der Waals surface area contributed by atoms with Gasteiger partial charge in [-0.25, -0.2) is 0 Å². The van der Waals surface area contributed by atoms with Gasteiger partial charge in [0.2, 0.25) is 0 Å². The molecule has 6 aliphatic carbocycles. The molecule has 119 heavy (non-hydrogen) atoms. The third kappa shape index (κ3) is 15.0. The Balaban J connectivity index is 0.000000105. The van der Waals surface area contributed by atoms with Crippen LogP contribution in [-0.4, -0.2) is 33.3 Å². The summed E-state index contributed by atoms with van der Waals surface area (Å²) in [4.78, 5) is 0. The SMILES string of the molecule is CP(=O)(C1=CC=C2C=CC3=C4C(=CC=C1C24)CC=C3)c1ccc2ccc3c4c2c1CC=C4CC=C3.CP(=O)(c1ccc2ccccc2c1)c1ccc2ccccc2c1.CP(=O)(c1ccc2ccccc2c1)c1cccc2ccccc12.CP(=O)(c1cccc2ccccc12)c1cccc2ccccc12.CP(=O)(c1ccccc1)c1ccccc1. The van der Waals surface area contributed by atoms with Crippen LogP contribution in [0.4, 0.5) is 0 Å². The summed E-state index contributed by atoms with van der Waals surface area (Å²) in [5.41, 5.74) is 12.0. The fourth-order valence-electron chi connectivity index (χ4n) is 18.1. The predicted octanol–water partition coefficient (Wildman–Crippen LogP) is 25.4. The van der Waals surface area contributed by atoms with E-state index in [9.17, 15) is 22.8 Å². The molecule has 0 saturated carbocycles.